The van der Waals surface area contributed by atoms with Gasteiger partial charge in [0.1, 0.15) is 5.75 Å². The predicted molar refractivity (Wildman–Crippen MR) is 78.8 cm³/mol. The smallest absolute Gasteiger partial charge is 0.122 e. The zero-order valence-electron chi connectivity index (χ0n) is 11.8. The van der Waals surface area contributed by atoms with E-state index in [0.29, 0.717) is 6.04 Å². The second-order valence-corrected chi connectivity index (χ2v) is 5.46. The van der Waals surface area contributed by atoms with E-state index in [-0.39, 0.29) is 0 Å². The summed E-state index contributed by atoms with van der Waals surface area (Å²) in [5, 5.41) is 4.96. The molecular weight excluding hydrogens is 236 g/mol. The third kappa shape index (κ3) is 2.35. The van der Waals surface area contributed by atoms with Crippen molar-refractivity contribution in [3.8, 4) is 5.75 Å². The van der Waals surface area contributed by atoms with Crippen LogP contribution in [0.3, 0.4) is 0 Å². The number of aryl methyl sites for hydroxylation is 1. The van der Waals surface area contributed by atoms with E-state index in [1.165, 1.54) is 35.7 Å². The number of rotatable bonds is 3. The zero-order valence-corrected chi connectivity index (χ0v) is 11.8. The number of nitrogens with zero attached hydrogens (tertiary/aromatic N) is 1. The molecule has 0 bridgehead atoms. The SMILES string of the molecule is COc1ccc2c(ccn2C)c1CC1CCCCN1. The zero-order chi connectivity index (χ0) is 13.2. The number of hydrogen-bond acceptors (Lipinski definition) is 2. The third-order valence-corrected chi connectivity index (χ3v) is 4.22. The van der Waals surface area contributed by atoms with Crippen LogP contribution in [0.15, 0.2) is 24.4 Å². The Hall–Kier alpha value is -1.48. The van der Waals surface area contributed by atoms with Crippen LogP contribution in [-0.4, -0.2) is 24.3 Å². The minimum Gasteiger partial charge on any atom is -0.496 e. The molecule has 1 aromatic carbocycles. The molecule has 1 aliphatic rings. The molecule has 1 unspecified atom stereocenters. The number of benzene rings is 1. The summed E-state index contributed by atoms with van der Waals surface area (Å²) in [4.78, 5) is 0. The van der Waals surface area contributed by atoms with Gasteiger partial charge in [-0.1, -0.05) is 6.42 Å². The number of aromatic nitrogens is 1. The van der Waals surface area contributed by atoms with Crippen molar-refractivity contribution in [3.63, 3.8) is 0 Å². The fourth-order valence-corrected chi connectivity index (χ4v) is 3.14. The Bertz CT molecular complexity index is 567. The van der Waals surface area contributed by atoms with Gasteiger partial charge < -0.3 is 14.6 Å². The second kappa shape index (κ2) is 5.25. The number of fused-ring (bicyclic) bond motifs is 1. The van der Waals surface area contributed by atoms with Crippen molar-refractivity contribution in [2.24, 2.45) is 7.05 Å². The average molecular weight is 258 g/mol. The number of hydrogen-bond donors (Lipinski definition) is 1. The highest BCUT2D eigenvalue weighted by atomic mass is 16.5. The lowest BCUT2D eigenvalue weighted by Crippen LogP contribution is -2.35. The van der Waals surface area contributed by atoms with Crippen LogP contribution in [0.2, 0.25) is 0 Å². The van der Waals surface area contributed by atoms with Crippen molar-refractivity contribution in [3.05, 3.63) is 30.0 Å². The van der Waals surface area contributed by atoms with Gasteiger partial charge in [0.2, 0.25) is 0 Å². The summed E-state index contributed by atoms with van der Waals surface area (Å²) >= 11 is 0. The van der Waals surface area contributed by atoms with Gasteiger partial charge in [-0.05, 0) is 44.0 Å². The van der Waals surface area contributed by atoms with E-state index < -0.39 is 0 Å². The second-order valence-electron chi connectivity index (χ2n) is 5.46. The maximum atomic E-state index is 5.57. The first-order chi connectivity index (χ1) is 9.29. The van der Waals surface area contributed by atoms with Gasteiger partial charge in [0.25, 0.3) is 0 Å². The molecule has 1 atom stereocenters. The molecule has 102 valence electrons. The maximum absolute atomic E-state index is 5.57. The van der Waals surface area contributed by atoms with Crippen LogP contribution in [0.1, 0.15) is 24.8 Å². The highest BCUT2D eigenvalue weighted by molar-refractivity contribution is 5.86. The molecule has 0 radical (unpaired) electrons. The molecule has 0 amide bonds. The van der Waals surface area contributed by atoms with Gasteiger partial charge in [0.15, 0.2) is 0 Å². The van der Waals surface area contributed by atoms with Gasteiger partial charge in [-0.25, -0.2) is 0 Å². The number of piperidine rings is 1. The number of ether oxygens (including phenoxy) is 1. The third-order valence-electron chi connectivity index (χ3n) is 4.22. The molecule has 3 nitrogen and oxygen atoms in total. The molecule has 1 fully saturated rings. The fourth-order valence-electron chi connectivity index (χ4n) is 3.14. The predicted octanol–water partition coefficient (Wildman–Crippen LogP) is 2.87. The molecule has 2 heterocycles. The topological polar surface area (TPSA) is 26.2 Å². The van der Waals surface area contributed by atoms with Gasteiger partial charge in [0, 0.05) is 35.8 Å². The first-order valence-corrected chi connectivity index (χ1v) is 7.14. The molecule has 1 saturated heterocycles. The average Bonchev–Trinajstić information content (AvgIpc) is 2.82. The lowest BCUT2D eigenvalue weighted by molar-refractivity contribution is 0.383. The van der Waals surface area contributed by atoms with Crippen LogP contribution in [0.4, 0.5) is 0 Å². The Morgan fingerprint density at radius 3 is 2.95 bits per heavy atom. The molecule has 2 aromatic rings. The van der Waals surface area contributed by atoms with Crippen molar-refractivity contribution in [2.75, 3.05) is 13.7 Å². The van der Waals surface area contributed by atoms with Crippen molar-refractivity contribution in [1.29, 1.82) is 0 Å². The van der Waals surface area contributed by atoms with E-state index in [1.807, 2.05) is 0 Å². The van der Waals surface area contributed by atoms with E-state index in [2.05, 4.69) is 41.3 Å². The Labute approximate surface area is 114 Å². The molecule has 0 aliphatic carbocycles. The van der Waals surface area contributed by atoms with Crippen LogP contribution in [-0.2, 0) is 13.5 Å². The van der Waals surface area contributed by atoms with Crippen molar-refractivity contribution in [2.45, 2.75) is 31.7 Å². The van der Waals surface area contributed by atoms with Crippen molar-refractivity contribution >= 4 is 10.9 Å². The van der Waals surface area contributed by atoms with Crippen molar-refractivity contribution < 1.29 is 4.74 Å². The summed E-state index contributed by atoms with van der Waals surface area (Å²) < 4.78 is 7.74. The highest BCUT2D eigenvalue weighted by Crippen LogP contribution is 2.30. The molecule has 0 saturated carbocycles. The summed E-state index contributed by atoms with van der Waals surface area (Å²) in [5.41, 5.74) is 2.63. The Balaban J connectivity index is 1.98. The first kappa shape index (κ1) is 12.5. The minimum atomic E-state index is 0.591. The van der Waals surface area contributed by atoms with Gasteiger partial charge in [0.05, 0.1) is 7.11 Å². The van der Waals surface area contributed by atoms with Gasteiger partial charge in [-0.2, -0.15) is 0 Å². The number of nitrogens with one attached hydrogen (secondary N) is 1. The van der Waals surface area contributed by atoms with Gasteiger partial charge >= 0.3 is 0 Å². The van der Waals surface area contributed by atoms with E-state index in [0.717, 1.165) is 18.7 Å². The Morgan fingerprint density at radius 2 is 2.21 bits per heavy atom. The molecule has 0 spiro atoms. The van der Waals surface area contributed by atoms with Gasteiger partial charge in [-0.3, -0.25) is 0 Å². The van der Waals surface area contributed by atoms with Crippen molar-refractivity contribution in [1.82, 2.24) is 9.88 Å². The largest absolute Gasteiger partial charge is 0.496 e. The summed E-state index contributed by atoms with van der Waals surface area (Å²) in [6, 6.07) is 7.04. The first-order valence-electron chi connectivity index (χ1n) is 7.14. The Morgan fingerprint density at radius 1 is 1.32 bits per heavy atom. The fraction of sp³-hybridized carbons (Fsp3) is 0.500. The summed E-state index contributed by atoms with van der Waals surface area (Å²) in [5.74, 6) is 1.02. The van der Waals surface area contributed by atoms with Crippen LogP contribution < -0.4 is 10.1 Å². The van der Waals surface area contributed by atoms with E-state index in [9.17, 15) is 0 Å². The highest BCUT2D eigenvalue weighted by Gasteiger charge is 2.18. The summed E-state index contributed by atoms with van der Waals surface area (Å²) in [6.45, 7) is 1.15. The molecule has 3 heteroatoms. The standard InChI is InChI=1S/C16H22N2O/c1-18-10-8-13-14(11-12-5-3-4-9-17-12)16(19-2)7-6-15(13)18/h6-8,10,12,17H,3-5,9,11H2,1-2H3. The molecule has 1 N–H and O–H groups in total. The molecule has 19 heavy (non-hydrogen) atoms. The number of methoxy groups -OCH3 is 1. The molecule has 1 aromatic heterocycles. The van der Waals surface area contributed by atoms with Crippen LogP contribution in [0.5, 0.6) is 5.75 Å². The molecular formula is C16H22N2O. The summed E-state index contributed by atoms with van der Waals surface area (Å²) in [7, 11) is 3.86. The van der Waals surface area contributed by atoms with Crippen LogP contribution >= 0.6 is 0 Å². The van der Waals surface area contributed by atoms with Crippen LogP contribution in [0, 0.1) is 0 Å². The summed E-state index contributed by atoms with van der Waals surface area (Å²) in [6.07, 6.45) is 7.10. The van der Waals surface area contributed by atoms with E-state index >= 15 is 0 Å². The minimum absolute atomic E-state index is 0.591. The molecule has 1 aliphatic heterocycles. The quantitative estimate of drug-likeness (QED) is 0.916. The molecule has 3 rings (SSSR count). The lowest BCUT2D eigenvalue weighted by Gasteiger charge is -2.24. The van der Waals surface area contributed by atoms with Crippen LogP contribution in [0.25, 0.3) is 10.9 Å². The normalized spacial score (nSPS) is 19.8. The van der Waals surface area contributed by atoms with E-state index in [1.54, 1.807) is 7.11 Å². The van der Waals surface area contributed by atoms with Gasteiger partial charge in [-0.15, -0.1) is 0 Å². The maximum Gasteiger partial charge on any atom is 0.122 e. The Kier molecular flexibility index (Phi) is 3.47. The monoisotopic (exact) mass is 258 g/mol. The van der Waals surface area contributed by atoms with E-state index in [4.69, 9.17) is 4.74 Å². The lowest BCUT2D eigenvalue weighted by atomic mass is 9.95.